The van der Waals surface area contributed by atoms with E-state index in [9.17, 15) is 14.9 Å². The largest absolute Gasteiger partial charge is 0.339 e. The van der Waals surface area contributed by atoms with E-state index in [0.717, 1.165) is 11.1 Å². The van der Waals surface area contributed by atoms with E-state index >= 15 is 0 Å². The van der Waals surface area contributed by atoms with Crippen LogP contribution in [-0.4, -0.2) is 28.8 Å². The van der Waals surface area contributed by atoms with Gasteiger partial charge in [0.15, 0.2) is 0 Å². The van der Waals surface area contributed by atoms with Crippen molar-refractivity contribution in [3.63, 3.8) is 0 Å². The van der Waals surface area contributed by atoms with Crippen LogP contribution >= 0.6 is 0 Å². The van der Waals surface area contributed by atoms with E-state index in [-0.39, 0.29) is 17.2 Å². The molecule has 2 aromatic carbocycles. The quantitative estimate of drug-likeness (QED) is 0.624. The first kappa shape index (κ1) is 15.7. The minimum Gasteiger partial charge on any atom is -0.339 e. The minimum absolute atomic E-state index is 0.134. The van der Waals surface area contributed by atoms with Gasteiger partial charge < -0.3 is 4.90 Å². The molecule has 0 aliphatic heterocycles. The second-order valence-corrected chi connectivity index (χ2v) is 4.83. The Morgan fingerprint density at radius 2 is 1.68 bits per heavy atom. The van der Waals surface area contributed by atoms with Gasteiger partial charge in [0.1, 0.15) is 5.56 Å². The van der Waals surface area contributed by atoms with Crippen LogP contribution in [0.3, 0.4) is 0 Å². The molecule has 5 nitrogen and oxygen atoms in total. The zero-order valence-electron chi connectivity index (χ0n) is 12.7. The maximum Gasteiger partial charge on any atom is 0.282 e. The van der Waals surface area contributed by atoms with E-state index in [4.69, 9.17) is 0 Å². The molecule has 0 atom stereocenters. The van der Waals surface area contributed by atoms with Crippen molar-refractivity contribution in [1.29, 1.82) is 0 Å². The van der Waals surface area contributed by atoms with Gasteiger partial charge in [-0.25, -0.2) is 0 Å². The molecule has 0 aliphatic carbocycles. The van der Waals surface area contributed by atoms with Crippen molar-refractivity contribution >= 4 is 11.6 Å². The molecule has 0 heterocycles. The number of benzene rings is 2. The lowest BCUT2D eigenvalue weighted by molar-refractivity contribution is -0.385. The molecular formula is C17H18N2O3. The van der Waals surface area contributed by atoms with Gasteiger partial charge in [-0.05, 0) is 37.1 Å². The average molecular weight is 298 g/mol. The van der Waals surface area contributed by atoms with Crippen LogP contribution in [0.15, 0.2) is 48.5 Å². The highest BCUT2D eigenvalue weighted by Crippen LogP contribution is 2.27. The lowest BCUT2D eigenvalue weighted by Crippen LogP contribution is -2.31. The molecule has 114 valence electrons. The zero-order chi connectivity index (χ0) is 16.1. The summed E-state index contributed by atoms with van der Waals surface area (Å²) in [6, 6.07) is 14.2. The number of hydrogen-bond donors (Lipinski definition) is 0. The molecule has 0 radical (unpaired) electrons. The molecule has 0 fully saturated rings. The van der Waals surface area contributed by atoms with Crippen molar-refractivity contribution < 1.29 is 9.72 Å². The number of nitrogens with zero attached hydrogens (tertiary/aromatic N) is 2. The fourth-order valence-electron chi connectivity index (χ4n) is 2.36. The Hall–Kier alpha value is -2.69. The molecule has 0 bridgehead atoms. The van der Waals surface area contributed by atoms with Crippen LogP contribution in [0.25, 0.3) is 11.1 Å². The molecule has 0 aliphatic rings. The topological polar surface area (TPSA) is 63.5 Å². The molecule has 0 aromatic heterocycles. The van der Waals surface area contributed by atoms with Crippen LogP contribution in [-0.2, 0) is 0 Å². The molecule has 0 saturated carbocycles. The zero-order valence-corrected chi connectivity index (χ0v) is 12.7. The summed E-state index contributed by atoms with van der Waals surface area (Å²) in [6.07, 6.45) is 0. The van der Waals surface area contributed by atoms with Gasteiger partial charge >= 0.3 is 0 Å². The molecule has 1 amide bonds. The van der Waals surface area contributed by atoms with Crippen molar-refractivity contribution in [3.8, 4) is 11.1 Å². The maximum absolute atomic E-state index is 12.5. The predicted octanol–water partition coefficient (Wildman–Crippen LogP) is 3.74. The van der Waals surface area contributed by atoms with Gasteiger partial charge in [0.05, 0.1) is 4.92 Å². The van der Waals surface area contributed by atoms with Crippen molar-refractivity contribution in [2.24, 2.45) is 0 Å². The molecule has 22 heavy (non-hydrogen) atoms. The Morgan fingerprint density at radius 3 is 2.23 bits per heavy atom. The predicted molar refractivity (Wildman–Crippen MR) is 85.8 cm³/mol. The number of nitro groups is 1. The molecule has 2 aromatic rings. The first-order valence-corrected chi connectivity index (χ1v) is 7.21. The van der Waals surface area contributed by atoms with Gasteiger partial charge in [-0.3, -0.25) is 14.9 Å². The van der Waals surface area contributed by atoms with Gasteiger partial charge in [0.2, 0.25) is 0 Å². The number of carbonyl (C=O) groups is 1. The highest BCUT2D eigenvalue weighted by atomic mass is 16.6. The van der Waals surface area contributed by atoms with Gasteiger partial charge in [-0.1, -0.05) is 30.3 Å². The summed E-state index contributed by atoms with van der Waals surface area (Å²) < 4.78 is 0. The van der Waals surface area contributed by atoms with E-state index in [1.54, 1.807) is 17.0 Å². The Morgan fingerprint density at radius 1 is 1.05 bits per heavy atom. The van der Waals surface area contributed by atoms with Gasteiger partial charge in [0.25, 0.3) is 11.6 Å². The first-order valence-electron chi connectivity index (χ1n) is 7.21. The third kappa shape index (κ3) is 3.14. The average Bonchev–Trinajstić information content (AvgIpc) is 2.56. The van der Waals surface area contributed by atoms with Crippen LogP contribution in [0.5, 0.6) is 0 Å². The first-order chi connectivity index (χ1) is 10.6. The molecule has 2 rings (SSSR count). The van der Waals surface area contributed by atoms with E-state index in [1.807, 2.05) is 44.2 Å². The molecule has 0 spiro atoms. The molecule has 0 N–H and O–H groups in total. The number of nitro benzene ring substituents is 1. The molecule has 5 heteroatoms. The Kier molecular flexibility index (Phi) is 4.88. The number of carbonyl (C=O) groups excluding carboxylic acids is 1. The van der Waals surface area contributed by atoms with Crippen LogP contribution in [0.4, 0.5) is 5.69 Å². The smallest absolute Gasteiger partial charge is 0.282 e. The fourth-order valence-corrected chi connectivity index (χ4v) is 2.36. The van der Waals surface area contributed by atoms with E-state index in [2.05, 4.69) is 0 Å². The summed E-state index contributed by atoms with van der Waals surface area (Å²) in [5.41, 5.74) is 1.69. The molecule has 0 unspecified atom stereocenters. The van der Waals surface area contributed by atoms with E-state index in [1.165, 1.54) is 6.07 Å². The minimum atomic E-state index is -0.508. The van der Waals surface area contributed by atoms with Crippen LogP contribution in [0.1, 0.15) is 24.2 Å². The standard InChI is InChI=1S/C17H18N2O3/c1-3-18(4-2)17(20)15-12-14(10-11-16(15)19(21)22)13-8-6-5-7-9-13/h5-12H,3-4H2,1-2H3. The summed E-state index contributed by atoms with van der Waals surface area (Å²) in [7, 11) is 0. The van der Waals surface area contributed by atoms with E-state index in [0.29, 0.717) is 13.1 Å². The Bertz CT molecular complexity index is 680. The van der Waals surface area contributed by atoms with Crippen molar-refractivity contribution in [1.82, 2.24) is 4.90 Å². The van der Waals surface area contributed by atoms with Crippen molar-refractivity contribution in [3.05, 3.63) is 64.2 Å². The van der Waals surface area contributed by atoms with E-state index < -0.39 is 4.92 Å². The Balaban J connectivity index is 2.54. The number of hydrogen-bond acceptors (Lipinski definition) is 3. The number of amides is 1. The summed E-state index contributed by atoms with van der Waals surface area (Å²) in [6.45, 7) is 4.74. The maximum atomic E-state index is 12.5. The van der Waals surface area contributed by atoms with Crippen LogP contribution in [0, 0.1) is 10.1 Å². The fraction of sp³-hybridized carbons (Fsp3) is 0.235. The molecule has 0 saturated heterocycles. The van der Waals surface area contributed by atoms with Gasteiger partial charge in [0, 0.05) is 19.2 Å². The van der Waals surface area contributed by atoms with Crippen LogP contribution in [0.2, 0.25) is 0 Å². The molecular weight excluding hydrogens is 280 g/mol. The number of rotatable bonds is 5. The summed E-state index contributed by atoms with van der Waals surface area (Å²) in [4.78, 5) is 24.8. The monoisotopic (exact) mass is 298 g/mol. The SMILES string of the molecule is CCN(CC)C(=O)c1cc(-c2ccccc2)ccc1[N+](=O)[O-]. The lowest BCUT2D eigenvalue weighted by Gasteiger charge is -2.19. The highest BCUT2D eigenvalue weighted by molar-refractivity contribution is 5.99. The Labute approximate surface area is 129 Å². The lowest BCUT2D eigenvalue weighted by atomic mass is 10.0. The second kappa shape index (κ2) is 6.85. The van der Waals surface area contributed by atoms with Gasteiger partial charge in [-0.2, -0.15) is 0 Å². The van der Waals surface area contributed by atoms with Crippen molar-refractivity contribution in [2.45, 2.75) is 13.8 Å². The third-order valence-corrected chi connectivity index (χ3v) is 3.58. The van der Waals surface area contributed by atoms with Crippen LogP contribution < -0.4 is 0 Å². The normalized spacial score (nSPS) is 10.3. The second-order valence-electron chi connectivity index (χ2n) is 4.83. The van der Waals surface area contributed by atoms with Gasteiger partial charge in [-0.15, -0.1) is 0 Å². The summed E-state index contributed by atoms with van der Waals surface area (Å²) in [5, 5.41) is 11.2. The third-order valence-electron chi connectivity index (χ3n) is 3.58. The highest BCUT2D eigenvalue weighted by Gasteiger charge is 2.24. The summed E-state index contributed by atoms with van der Waals surface area (Å²) >= 11 is 0. The van der Waals surface area contributed by atoms with Crippen molar-refractivity contribution in [2.75, 3.05) is 13.1 Å². The summed E-state index contributed by atoms with van der Waals surface area (Å²) in [5.74, 6) is -0.311.